The van der Waals surface area contributed by atoms with Crippen molar-refractivity contribution in [2.45, 2.75) is 70.4 Å². The summed E-state index contributed by atoms with van der Waals surface area (Å²) in [7, 11) is 0. The third-order valence-electron chi connectivity index (χ3n) is 25.4. The van der Waals surface area contributed by atoms with E-state index in [4.69, 9.17) is 0 Å². The molecule has 0 N–H and O–H groups in total. The van der Waals surface area contributed by atoms with Crippen LogP contribution < -0.4 is 57.3 Å². The van der Waals surface area contributed by atoms with Gasteiger partial charge in [0, 0.05) is 102 Å². The SMILES string of the molecule is CC(C)(C)c1cc2c3c(c1)N(c1c(-c4ccccc4)cccc1-c1ccccc1)c1cc4c(cc1B3c1ccccc1N2c1c(-c2ccccc2)cccc1-c1ccccc1)B1c2ccccc2N(c2c(-c3ccccc3)cccc2-c2ccccc2)c2cc(N3C5CC6CC(C5)CC3C6)cc(c21)N4c1ccccc1. The largest absolute Gasteiger partial charge is 0.365 e. The smallest absolute Gasteiger partial charge is 0.252 e. The first-order valence-corrected chi connectivity index (χ1v) is 39.7. The van der Waals surface area contributed by atoms with Gasteiger partial charge < -0.3 is 24.5 Å². The molecule has 4 bridgehead atoms. The molecule has 0 radical (unpaired) electrons. The predicted molar refractivity (Wildman–Crippen MR) is 466 cm³/mol. The van der Waals surface area contributed by atoms with Crippen molar-refractivity contribution in [1.82, 2.24) is 0 Å². The molecule has 0 aromatic heterocycles. The van der Waals surface area contributed by atoms with Crippen LogP contribution in [0, 0.1) is 11.8 Å². The van der Waals surface area contributed by atoms with E-state index in [9.17, 15) is 0 Å². The molecule has 8 aliphatic rings. The Kier molecular flexibility index (Phi) is 15.0. The highest BCUT2D eigenvalue weighted by atomic mass is 15.2. The van der Waals surface area contributed by atoms with Crippen molar-refractivity contribution in [3.63, 3.8) is 0 Å². The summed E-state index contributed by atoms with van der Waals surface area (Å²) in [4.78, 5) is 13.8. The molecular weight excluding hydrogens is 1330 g/mol. The predicted octanol–water partition coefficient (Wildman–Crippen LogP) is 22.9. The highest BCUT2D eigenvalue weighted by molar-refractivity contribution is 7.03. The summed E-state index contributed by atoms with van der Waals surface area (Å²) in [6.07, 6.45) is 6.39. The normalized spacial score (nSPS) is 17.3. The lowest BCUT2D eigenvalue weighted by molar-refractivity contribution is 0.0900. The van der Waals surface area contributed by atoms with Crippen LogP contribution in [0.4, 0.5) is 73.9 Å². The first kappa shape index (κ1) is 64.6. The molecule has 524 valence electrons. The molecule has 2 saturated heterocycles. The molecule has 110 heavy (non-hydrogen) atoms. The summed E-state index contributed by atoms with van der Waals surface area (Å²) < 4.78 is 0. The molecule has 2 saturated carbocycles. The maximum absolute atomic E-state index is 2.95. The number of hydrogen-bond donors (Lipinski definition) is 0. The van der Waals surface area contributed by atoms with Crippen LogP contribution in [0.5, 0.6) is 0 Å². The zero-order chi connectivity index (χ0) is 72.9. The Hall–Kier alpha value is -12.6. The zero-order valence-electron chi connectivity index (χ0n) is 62.2. The van der Waals surface area contributed by atoms with Gasteiger partial charge in [-0.05, 0) is 176 Å². The molecule has 5 nitrogen and oxygen atoms in total. The van der Waals surface area contributed by atoms with E-state index < -0.39 is 0 Å². The quantitative estimate of drug-likeness (QED) is 0.120. The summed E-state index contributed by atoms with van der Waals surface area (Å²) in [6, 6.07) is 135. The number of hydrogen-bond acceptors (Lipinski definition) is 5. The Labute approximate surface area is 646 Å². The Morgan fingerprint density at radius 2 is 0.545 bits per heavy atom. The molecule has 15 aromatic rings. The lowest BCUT2D eigenvalue weighted by atomic mass is 9.30. The van der Waals surface area contributed by atoms with E-state index in [-0.39, 0.29) is 18.8 Å². The number of nitrogens with zero attached hydrogens (tertiary/aromatic N) is 5. The third-order valence-corrected chi connectivity index (χ3v) is 25.4. The fourth-order valence-corrected chi connectivity index (χ4v) is 20.9. The Morgan fingerprint density at radius 1 is 0.245 bits per heavy atom. The molecule has 0 unspecified atom stereocenters. The van der Waals surface area contributed by atoms with Crippen LogP contribution in [-0.2, 0) is 5.41 Å². The van der Waals surface area contributed by atoms with Crippen molar-refractivity contribution >= 4 is 120 Å². The molecule has 0 atom stereocenters. The zero-order valence-corrected chi connectivity index (χ0v) is 62.2. The number of para-hydroxylation sites is 6. The molecule has 2 aliphatic carbocycles. The minimum atomic E-state index is -0.296. The van der Waals surface area contributed by atoms with Gasteiger partial charge in [-0.1, -0.05) is 318 Å². The van der Waals surface area contributed by atoms with Crippen LogP contribution in [0.2, 0.25) is 0 Å². The van der Waals surface area contributed by atoms with Crippen molar-refractivity contribution in [1.29, 1.82) is 0 Å². The van der Waals surface area contributed by atoms with E-state index in [2.05, 4.69) is 397 Å². The van der Waals surface area contributed by atoms with Gasteiger partial charge >= 0.3 is 0 Å². The van der Waals surface area contributed by atoms with Gasteiger partial charge in [0.25, 0.3) is 13.4 Å². The topological polar surface area (TPSA) is 16.2 Å². The van der Waals surface area contributed by atoms with Gasteiger partial charge in [-0.2, -0.15) is 0 Å². The van der Waals surface area contributed by atoms with Gasteiger partial charge in [0.2, 0.25) is 0 Å². The van der Waals surface area contributed by atoms with Crippen LogP contribution in [0.3, 0.4) is 0 Å². The van der Waals surface area contributed by atoms with Crippen LogP contribution in [0.25, 0.3) is 66.8 Å². The van der Waals surface area contributed by atoms with E-state index in [1.165, 1.54) is 166 Å². The van der Waals surface area contributed by atoms with Crippen molar-refractivity contribution in [2.75, 3.05) is 24.5 Å². The van der Waals surface area contributed by atoms with Gasteiger partial charge in [-0.3, -0.25) is 0 Å². The van der Waals surface area contributed by atoms with Gasteiger partial charge in [0.1, 0.15) is 0 Å². The fourth-order valence-electron chi connectivity index (χ4n) is 20.9. The van der Waals surface area contributed by atoms with Crippen LogP contribution in [0.1, 0.15) is 58.4 Å². The standard InChI is InChI=1S/C103H81B2N5/c1-103(2,3)75-61-94-98-95(62-75)110(102-84(73-40-19-8-20-41-73)50-31-51-85(102)74-42-21-9-22-43-74)93-66-92-88(65-89(93)105(98)86-52-25-27-54-90(86)108(94)100-80(69-32-11-4-12-33-69)46-29-47-81(100)70-34-13-5-14-35-70)104-87-53-26-28-55-91(87)109(101-82(71-36-15-6-16-37-71)48-30-49-83(101)72-38-17-7-18-39-72)97-64-79(106-77-57-67-56-68(59-77)60-78(106)58-67)63-96(99(97)104)107(92)76-44-23-10-24-45-76/h4-55,61-68,77-78H,56-60H2,1-3H3. The average molecular weight is 1410 g/mol. The summed E-state index contributed by atoms with van der Waals surface area (Å²) in [5.41, 5.74) is 38.2. The third kappa shape index (κ3) is 10.2. The first-order valence-electron chi connectivity index (χ1n) is 39.7. The minimum Gasteiger partial charge on any atom is -0.365 e. The lowest BCUT2D eigenvalue weighted by Crippen LogP contribution is -2.65. The van der Waals surface area contributed by atoms with E-state index in [0.29, 0.717) is 12.1 Å². The monoisotopic (exact) mass is 1410 g/mol. The molecule has 0 amide bonds. The van der Waals surface area contributed by atoms with Crippen LogP contribution in [0.15, 0.2) is 352 Å². The van der Waals surface area contributed by atoms with Gasteiger partial charge in [-0.25, -0.2) is 0 Å². The fraction of sp³-hybridized carbons (Fsp3) is 0.126. The summed E-state index contributed by atoms with van der Waals surface area (Å²) in [5, 5.41) is 0. The highest BCUT2D eigenvalue weighted by Crippen LogP contribution is 2.58. The molecule has 23 rings (SSSR count). The Morgan fingerprint density at radius 3 is 0.900 bits per heavy atom. The summed E-state index contributed by atoms with van der Waals surface area (Å²) in [5.74, 6) is 1.58. The Balaban J connectivity index is 0.887. The van der Waals surface area contributed by atoms with Gasteiger partial charge in [0.05, 0.1) is 17.1 Å². The first-order chi connectivity index (χ1) is 54.2. The second kappa shape index (κ2) is 25.5. The minimum absolute atomic E-state index is 0.199. The van der Waals surface area contributed by atoms with E-state index in [1.54, 1.807) is 0 Å². The number of benzene rings is 15. The van der Waals surface area contributed by atoms with Gasteiger partial charge in [0.15, 0.2) is 0 Å². The number of rotatable bonds is 11. The van der Waals surface area contributed by atoms with Gasteiger partial charge in [-0.15, -0.1) is 0 Å². The maximum atomic E-state index is 2.95. The number of fused-ring (bicyclic) bond motifs is 8. The van der Waals surface area contributed by atoms with Crippen molar-refractivity contribution in [3.05, 3.63) is 357 Å². The molecule has 4 fully saturated rings. The molecule has 15 aromatic carbocycles. The van der Waals surface area contributed by atoms with E-state index >= 15 is 0 Å². The average Bonchev–Trinajstić information content (AvgIpc) is 0.681. The second-order valence-corrected chi connectivity index (χ2v) is 32.6. The molecule has 6 aliphatic heterocycles. The molecule has 0 spiro atoms. The molecule has 6 heterocycles. The Bertz CT molecular complexity index is 5920. The van der Waals surface area contributed by atoms with E-state index in [1.807, 2.05) is 0 Å². The second-order valence-electron chi connectivity index (χ2n) is 32.6. The molecular formula is C103H81B2N5. The summed E-state index contributed by atoms with van der Waals surface area (Å²) >= 11 is 0. The molecule has 7 heteroatoms. The van der Waals surface area contributed by atoms with Crippen LogP contribution >= 0.6 is 0 Å². The van der Waals surface area contributed by atoms with Crippen molar-refractivity contribution in [2.24, 2.45) is 11.8 Å². The summed E-state index contributed by atoms with van der Waals surface area (Å²) in [6.45, 7) is 6.78. The van der Waals surface area contributed by atoms with E-state index in [0.717, 1.165) is 56.8 Å². The van der Waals surface area contributed by atoms with Crippen molar-refractivity contribution in [3.8, 4) is 66.8 Å². The van der Waals surface area contributed by atoms with Crippen LogP contribution in [-0.4, -0.2) is 25.5 Å². The number of anilines is 13. The highest BCUT2D eigenvalue weighted by Gasteiger charge is 2.52. The number of piperidine rings is 2. The van der Waals surface area contributed by atoms with Crippen molar-refractivity contribution < 1.29 is 0 Å². The maximum Gasteiger partial charge on any atom is 0.252 e. The lowest BCUT2D eigenvalue weighted by Gasteiger charge is -2.58.